The molecule has 1 rings (SSSR count). The summed E-state index contributed by atoms with van der Waals surface area (Å²) in [6.07, 6.45) is 0. The third-order valence-corrected chi connectivity index (χ3v) is 3.28. The van der Waals surface area contributed by atoms with Crippen LogP contribution in [0.5, 0.6) is 0 Å². The Balaban J connectivity index is 2.90. The van der Waals surface area contributed by atoms with E-state index < -0.39 is 24.5 Å². The second-order valence-corrected chi connectivity index (χ2v) is 4.38. The Morgan fingerprint density at radius 3 is 2.65 bits per heavy atom. The van der Waals surface area contributed by atoms with E-state index in [0.717, 1.165) is 0 Å². The highest BCUT2D eigenvalue weighted by atomic mass is 79.9. The number of aliphatic hydroxyl groups is 1. The van der Waals surface area contributed by atoms with E-state index in [9.17, 15) is 9.59 Å². The summed E-state index contributed by atoms with van der Waals surface area (Å²) in [5.41, 5.74) is 0.140. The summed E-state index contributed by atoms with van der Waals surface area (Å²) < 4.78 is 0.530. The molecule has 0 aliphatic heterocycles. The van der Waals surface area contributed by atoms with Gasteiger partial charge in [-0.2, -0.15) is 0 Å². The van der Waals surface area contributed by atoms with Crippen LogP contribution in [0.15, 0.2) is 22.7 Å². The number of aliphatic hydroxyl groups excluding tert-OH is 1. The van der Waals surface area contributed by atoms with Crippen LogP contribution in [0.4, 0.5) is 0 Å². The summed E-state index contributed by atoms with van der Waals surface area (Å²) in [6.45, 7) is -0.688. The molecule has 1 aromatic carbocycles. The molecule has 3 N–H and O–H groups in total. The minimum Gasteiger partial charge on any atom is -0.480 e. The largest absolute Gasteiger partial charge is 0.480 e. The van der Waals surface area contributed by atoms with Gasteiger partial charge in [0.2, 0.25) is 0 Å². The standard InChI is InChI=1S/C10H9BrClNO4/c11-6-3-1-2-5(8(6)12)9(15)13-7(4-14)10(16)17/h1-3,7,14H,4H2,(H,13,15)(H,16,17)/t7-/m1/s1. The minimum atomic E-state index is -1.35. The molecule has 1 amide bonds. The fraction of sp³-hybridized carbons (Fsp3) is 0.200. The SMILES string of the molecule is O=C(N[C@H](CO)C(=O)O)c1cccc(Br)c1Cl. The third-order valence-electron chi connectivity index (χ3n) is 1.98. The smallest absolute Gasteiger partial charge is 0.328 e. The van der Waals surface area contributed by atoms with E-state index in [-0.39, 0.29) is 10.6 Å². The topological polar surface area (TPSA) is 86.6 Å². The van der Waals surface area contributed by atoms with E-state index in [0.29, 0.717) is 4.47 Å². The van der Waals surface area contributed by atoms with Crippen molar-refractivity contribution in [2.45, 2.75) is 6.04 Å². The summed E-state index contributed by atoms with van der Waals surface area (Å²) in [7, 11) is 0. The van der Waals surface area contributed by atoms with E-state index in [1.165, 1.54) is 6.07 Å². The van der Waals surface area contributed by atoms with E-state index in [4.69, 9.17) is 21.8 Å². The molecule has 0 radical (unpaired) electrons. The number of carboxylic acid groups (broad SMARTS) is 1. The van der Waals surface area contributed by atoms with Gasteiger partial charge in [-0.1, -0.05) is 17.7 Å². The van der Waals surface area contributed by atoms with Crippen molar-refractivity contribution in [3.05, 3.63) is 33.3 Å². The third kappa shape index (κ3) is 3.42. The molecular weight excluding hydrogens is 313 g/mol. The quantitative estimate of drug-likeness (QED) is 0.779. The Bertz CT molecular complexity index is 452. The summed E-state index contributed by atoms with van der Waals surface area (Å²) >= 11 is 9.03. The number of rotatable bonds is 4. The first-order valence-electron chi connectivity index (χ1n) is 4.56. The molecule has 0 aliphatic rings. The molecule has 1 atom stereocenters. The van der Waals surface area contributed by atoms with Crippen LogP contribution < -0.4 is 5.32 Å². The average Bonchev–Trinajstić information content (AvgIpc) is 2.28. The zero-order chi connectivity index (χ0) is 13.0. The van der Waals surface area contributed by atoms with Crippen molar-refractivity contribution in [3.63, 3.8) is 0 Å². The van der Waals surface area contributed by atoms with Gasteiger partial charge in [0.15, 0.2) is 6.04 Å². The number of hydrogen-bond acceptors (Lipinski definition) is 3. The van der Waals surface area contributed by atoms with Gasteiger partial charge in [-0.3, -0.25) is 4.79 Å². The van der Waals surface area contributed by atoms with Crippen molar-refractivity contribution >= 4 is 39.4 Å². The molecule has 0 saturated heterocycles. The lowest BCUT2D eigenvalue weighted by Crippen LogP contribution is -2.43. The normalized spacial score (nSPS) is 11.9. The van der Waals surface area contributed by atoms with Crippen molar-refractivity contribution < 1.29 is 19.8 Å². The Kier molecular flexibility index (Phi) is 4.92. The van der Waals surface area contributed by atoms with Crippen LogP contribution in [-0.4, -0.2) is 34.7 Å². The molecule has 0 aliphatic carbocycles. The molecule has 92 valence electrons. The Labute approximate surface area is 111 Å². The van der Waals surface area contributed by atoms with Gasteiger partial charge in [0.25, 0.3) is 5.91 Å². The van der Waals surface area contributed by atoms with Gasteiger partial charge in [0.05, 0.1) is 17.2 Å². The minimum absolute atomic E-state index is 0.140. The number of carbonyl (C=O) groups excluding carboxylic acids is 1. The predicted molar refractivity (Wildman–Crippen MR) is 65.1 cm³/mol. The fourth-order valence-corrected chi connectivity index (χ4v) is 1.68. The molecule has 17 heavy (non-hydrogen) atoms. The maximum Gasteiger partial charge on any atom is 0.328 e. The van der Waals surface area contributed by atoms with Gasteiger partial charge in [-0.25, -0.2) is 4.79 Å². The maximum absolute atomic E-state index is 11.7. The highest BCUT2D eigenvalue weighted by Gasteiger charge is 2.21. The number of amides is 1. The van der Waals surface area contributed by atoms with Crippen LogP contribution >= 0.6 is 27.5 Å². The van der Waals surface area contributed by atoms with Crippen LogP contribution in [0, 0.1) is 0 Å². The molecule has 0 saturated carbocycles. The van der Waals surface area contributed by atoms with Gasteiger partial charge < -0.3 is 15.5 Å². The second kappa shape index (κ2) is 6.00. The van der Waals surface area contributed by atoms with Crippen molar-refractivity contribution in [3.8, 4) is 0 Å². The molecular formula is C10H9BrClNO4. The Hall–Kier alpha value is -1.11. The van der Waals surface area contributed by atoms with Gasteiger partial charge in [0.1, 0.15) is 0 Å². The van der Waals surface area contributed by atoms with Crippen LogP contribution in [0.1, 0.15) is 10.4 Å². The monoisotopic (exact) mass is 321 g/mol. The lowest BCUT2D eigenvalue weighted by Gasteiger charge is -2.12. The number of benzene rings is 1. The predicted octanol–water partition coefficient (Wildman–Crippen LogP) is 1.28. The number of carbonyl (C=O) groups is 2. The summed E-state index contributed by atoms with van der Waals surface area (Å²) in [6, 6.07) is 3.36. The lowest BCUT2D eigenvalue weighted by molar-refractivity contribution is -0.140. The van der Waals surface area contributed by atoms with Crippen LogP contribution in [0.3, 0.4) is 0 Å². The lowest BCUT2D eigenvalue weighted by atomic mass is 10.2. The molecule has 7 heteroatoms. The summed E-state index contributed by atoms with van der Waals surface area (Å²) in [5.74, 6) is -1.97. The van der Waals surface area contributed by atoms with Crippen molar-refractivity contribution in [2.24, 2.45) is 0 Å². The zero-order valence-corrected chi connectivity index (χ0v) is 10.8. The first kappa shape index (κ1) is 14.0. The first-order valence-corrected chi connectivity index (χ1v) is 5.73. The molecule has 0 fully saturated rings. The Morgan fingerprint density at radius 2 is 2.12 bits per heavy atom. The van der Waals surface area contributed by atoms with E-state index >= 15 is 0 Å². The van der Waals surface area contributed by atoms with Crippen molar-refractivity contribution in [1.82, 2.24) is 5.32 Å². The van der Waals surface area contributed by atoms with E-state index in [1.807, 2.05) is 0 Å². The summed E-state index contributed by atoms with van der Waals surface area (Å²) in [5, 5.41) is 19.8. The van der Waals surface area contributed by atoms with Crippen LogP contribution in [0.2, 0.25) is 5.02 Å². The van der Waals surface area contributed by atoms with Crippen molar-refractivity contribution in [1.29, 1.82) is 0 Å². The molecule has 0 aromatic heterocycles. The van der Waals surface area contributed by atoms with Gasteiger partial charge in [-0.05, 0) is 28.1 Å². The Morgan fingerprint density at radius 1 is 1.47 bits per heavy atom. The second-order valence-electron chi connectivity index (χ2n) is 3.15. The number of carboxylic acids is 1. The first-order chi connectivity index (χ1) is 7.97. The van der Waals surface area contributed by atoms with Gasteiger partial charge in [-0.15, -0.1) is 0 Å². The fourth-order valence-electron chi connectivity index (χ4n) is 1.10. The van der Waals surface area contributed by atoms with E-state index in [2.05, 4.69) is 21.2 Å². The molecule has 0 heterocycles. The van der Waals surface area contributed by atoms with Gasteiger partial charge >= 0.3 is 5.97 Å². The molecule has 0 bridgehead atoms. The number of aliphatic carboxylic acids is 1. The maximum atomic E-state index is 11.7. The van der Waals surface area contributed by atoms with Gasteiger partial charge in [0, 0.05) is 4.47 Å². The number of halogens is 2. The van der Waals surface area contributed by atoms with Crippen LogP contribution in [0.25, 0.3) is 0 Å². The highest BCUT2D eigenvalue weighted by molar-refractivity contribution is 9.10. The molecule has 0 spiro atoms. The summed E-state index contributed by atoms with van der Waals surface area (Å²) in [4.78, 5) is 22.3. The zero-order valence-electron chi connectivity index (χ0n) is 8.48. The molecule has 0 unspecified atom stereocenters. The molecule has 1 aromatic rings. The highest BCUT2D eigenvalue weighted by Crippen LogP contribution is 2.25. The van der Waals surface area contributed by atoms with E-state index in [1.54, 1.807) is 12.1 Å². The average molecular weight is 323 g/mol. The number of hydrogen-bond donors (Lipinski definition) is 3. The number of nitrogens with one attached hydrogen (secondary N) is 1. The van der Waals surface area contributed by atoms with Crippen molar-refractivity contribution in [2.75, 3.05) is 6.61 Å². The molecule has 5 nitrogen and oxygen atoms in total. The van der Waals surface area contributed by atoms with Crippen LogP contribution in [-0.2, 0) is 4.79 Å².